The van der Waals surface area contributed by atoms with Gasteiger partial charge in [-0.3, -0.25) is 0 Å². The maximum atomic E-state index is 8.66. The van der Waals surface area contributed by atoms with Crippen LogP contribution >= 0.6 is 22.9 Å². The number of nitrogens with zero attached hydrogens (tertiary/aromatic N) is 3. The third kappa shape index (κ3) is 2.97. The minimum Gasteiger partial charge on any atom is -0.438 e. The van der Waals surface area contributed by atoms with Gasteiger partial charge in [-0.2, -0.15) is 10.2 Å². The summed E-state index contributed by atoms with van der Waals surface area (Å²) in [5.74, 6) is 1.10. The molecule has 104 valence electrons. The zero-order valence-corrected chi connectivity index (χ0v) is 12.7. The Labute approximate surface area is 130 Å². The van der Waals surface area contributed by atoms with E-state index in [-0.39, 0.29) is 5.28 Å². The molecule has 2 heterocycles. The lowest BCUT2D eigenvalue weighted by molar-refractivity contribution is 0.468. The number of aryl methyl sites for hydroxylation is 1. The second-order valence-corrected chi connectivity index (χ2v) is 6.03. The van der Waals surface area contributed by atoms with Crippen LogP contribution in [0.15, 0.2) is 30.3 Å². The molecule has 0 amide bonds. The van der Waals surface area contributed by atoms with E-state index in [1.807, 2.05) is 37.3 Å². The number of aromatic nitrogens is 2. The van der Waals surface area contributed by atoms with E-state index in [0.717, 1.165) is 20.7 Å². The van der Waals surface area contributed by atoms with Crippen LogP contribution in [0.3, 0.4) is 0 Å². The van der Waals surface area contributed by atoms with E-state index in [9.17, 15) is 0 Å². The largest absolute Gasteiger partial charge is 0.438 e. The van der Waals surface area contributed by atoms with Gasteiger partial charge in [0.25, 0.3) is 0 Å². The van der Waals surface area contributed by atoms with E-state index in [1.165, 1.54) is 0 Å². The van der Waals surface area contributed by atoms with E-state index in [4.69, 9.17) is 21.6 Å². The Hall–Kier alpha value is -2.16. The average molecular weight is 316 g/mol. The molecule has 0 atom stereocenters. The summed E-state index contributed by atoms with van der Waals surface area (Å²) < 4.78 is 5.81. The fourth-order valence-corrected chi connectivity index (χ4v) is 3.03. The molecule has 0 bridgehead atoms. The van der Waals surface area contributed by atoms with E-state index >= 15 is 0 Å². The summed E-state index contributed by atoms with van der Waals surface area (Å²) in [4.78, 5) is 10.3. The minimum absolute atomic E-state index is 0.167. The number of hydrogen-bond acceptors (Lipinski definition) is 5. The molecule has 0 fully saturated rings. The van der Waals surface area contributed by atoms with Crippen molar-refractivity contribution in [2.45, 2.75) is 13.3 Å². The van der Waals surface area contributed by atoms with Crippen molar-refractivity contribution < 1.29 is 4.74 Å². The molecule has 0 spiro atoms. The molecule has 3 rings (SSSR count). The van der Waals surface area contributed by atoms with Crippen LogP contribution in [0, 0.1) is 18.3 Å². The quantitative estimate of drug-likeness (QED) is 0.667. The molecule has 0 aliphatic heterocycles. The highest BCUT2D eigenvalue weighted by Gasteiger charge is 2.11. The molecule has 0 aliphatic rings. The first-order valence-electron chi connectivity index (χ1n) is 6.23. The van der Waals surface area contributed by atoms with Crippen LogP contribution in [0.5, 0.6) is 11.6 Å². The summed E-state index contributed by atoms with van der Waals surface area (Å²) in [6, 6.07) is 11.4. The molecule has 1 aromatic carbocycles. The Morgan fingerprint density at radius 1 is 1.29 bits per heavy atom. The first-order chi connectivity index (χ1) is 10.2. The zero-order chi connectivity index (χ0) is 14.8. The number of benzene rings is 1. The van der Waals surface area contributed by atoms with Crippen LogP contribution in [0.1, 0.15) is 10.4 Å². The zero-order valence-electron chi connectivity index (χ0n) is 11.1. The number of hydrogen-bond donors (Lipinski definition) is 0. The normalized spacial score (nSPS) is 10.5. The third-order valence-electron chi connectivity index (χ3n) is 2.87. The minimum atomic E-state index is 0.167. The molecule has 3 aromatic rings. The Morgan fingerprint density at radius 2 is 2.05 bits per heavy atom. The van der Waals surface area contributed by atoms with Crippen molar-refractivity contribution in [1.82, 2.24) is 9.97 Å². The third-order valence-corrected chi connectivity index (χ3v) is 3.99. The van der Waals surface area contributed by atoms with Gasteiger partial charge in [0.05, 0.1) is 17.9 Å². The van der Waals surface area contributed by atoms with Gasteiger partial charge < -0.3 is 4.74 Å². The topological polar surface area (TPSA) is 58.8 Å². The molecule has 0 saturated heterocycles. The van der Waals surface area contributed by atoms with Gasteiger partial charge in [-0.05, 0) is 42.3 Å². The van der Waals surface area contributed by atoms with Gasteiger partial charge >= 0.3 is 0 Å². The molecular weight excluding hydrogens is 306 g/mol. The summed E-state index contributed by atoms with van der Waals surface area (Å²) in [6.45, 7) is 2.00. The maximum Gasteiger partial charge on any atom is 0.232 e. The Bertz CT molecular complexity index is 836. The first-order valence-corrected chi connectivity index (χ1v) is 7.42. The summed E-state index contributed by atoms with van der Waals surface area (Å²) >= 11 is 7.48. The maximum absolute atomic E-state index is 8.66. The van der Waals surface area contributed by atoms with Gasteiger partial charge in [-0.1, -0.05) is 12.1 Å². The number of fused-ring (bicyclic) bond motifs is 1. The smallest absolute Gasteiger partial charge is 0.232 e. The van der Waals surface area contributed by atoms with Crippen molar-refractivity contribution in [2.24, 2.45) is 0 Å². The molecule has 2 aromatic heterocycles. The van der Waals surface area contributed by atoms with Crippen LogP contribution in [0.25, 0.3) is 10.2 Å². The summed E-state index contributed by atoms with van der Waals surface area (Å²) in [5.41, 5.74) is 0.946. The van der Waals surface area contributed by atoms with Crippen molar-refractivity contribution >= 4 is 33.2 Å². The molecule has 0 saturated carbocycles. The Kier molecular flexibility index (Phi) is 3.74. The average Bonchev–Trinajstić information content (AvgIpc) is 2.81. The number of thiophene rings is 1. The second-order valence-electron chi connectivity index (χ2n) is 4.45. The highest BCUT2D eigenvalue weighted by molar-refractivity contribution is 7.18. The van der Waals surface area contributed by atoms with Crippen LogP contribution in [0.4, 0.5) is 0 Å². The second kappa shape index (κ2) is 5.68. The molecule has 0 N–H and O–H groups in total. The van der Waals surface area contributed by atoms with Gasteiger partial charge in [0, 0.05) is 4.88 Å². The molecule has 0 unspecified atom stereocenters. The lowest BCUT2D eigenvalue weighted by Crippen LogP contribution is -1.91. The van der Waals surface area contributed by atoms with Gasteiger partial charge in [-0.25, -0.2) is 4.98 Å². The lowest BCUT2D eigenvalue weighted by Gasteiger charge is -2.06. The monoisotopic (exact) mass is 315 g/mol. The fourth-order valence-electron chi connectivity index (χ4n) is 1.95. The van der Waals surface area contributed by atoms with Gasteiger partial charge in [0.1, 0.15) is 10.6 Å². The van der Waals surface area contributed by atoms with Crippen molar-refractivity contribution in [1.29, 1.82) is 5.26 Å². The molecule has 6 heteroatoms. The van der Waals surface area contributed by atoms with Crippen molar-refractivity contribution in [3.05, 3.63) is 46.1 Å². The van der Waals surface area contributed by atoms with E-state index in [0.29, 0.717) is 18.1 Å². The molecule has 21 heavy (non-hydrogen) atoms. The summed E-state index contributed by atoms with van der Waals surface area (Å²) in [5, 5.41) is 9.68. The van der Waals surface area contributed by atoms with E-state index in [2.05, 4.69) is 16.0 Å². The SMILES string of the molecule is Cc1cc2c(Oc3ccc(CC#N)cc3)nc(Cl)nc2s1. The summed E-state index contributed by atoms with van der Waals surface area (Å²) in [7, 11) is 0. The molecular formula is C15H10ClN3OS. The lowest BCUT2D eigenvalue weighted by atomic mass is 10.2. The Balaban J connectivity index is 1.95. The van der Waals surface area contributed by atoms with Gasteiger partial charge in [0.15, 0.2) is 0 Å². The first kappa shape index (κ1) is 13.8. The number of nitriles is 1. The number of ether oxygens (including phenoxy) is 1. The number of halogens is 1. The van der Waals surface area contributed by atoms with Crippen LogP contribution in [-0.4, -0.2) is 9.97 Å². The predicted molar refractivity (Wildman–Crippen MR) is 83.0 cm³/mol. The molecule has 0 aliphatic carbocycles. The van der Waals surface area contributed by atoms with Gasteiger partial charge in [-0.15, -0.1) is 11.3 Å². The highest BCUT2D eigenvalue weighted by Crippen LogP contribution is 2.33. The van der Waals surface area contributed by atoms with E-state index in [1.54, 1.807) is 11.3 Å². The molecule has 4 nitrogen and oxygen atoms in total. The molecule has 0 radical (unpaired) electrons. The Morgan fingerprint density at radius 3 is 2.76 bits per heavy atom. The standard InChI is InChI=1S/C15H10ClN3OS/c1-9-8-12-13(18-15(16)19-14(12)21-9)20-11-4-2-10(3-5-11)6-7-17/h2-5,8H,6H2,1H3. The highest BCUT2D eigenvalue weighted by atomic mass is 35.5. The van der Waals surface area contributed by atoms with E-state index < -0.39 is 0 Å². The fraction of sp³-hybridized carbons (Fsp3) is 0.133. The van der Waals surface area contributed by atoms with Crippen LogP contribution < -0.4 is 4.74 Å². The van der Waals surface area contributed by atoms with Crippen LogP contribution in [-0.2, 0) is 6.42 Å². The summed E-state index contributed by atoms with van der Waals surface area (Å²) in [6.07, 6.45) is 0.383. The van der Waals surface area contributed by atoms with Crippen molar-refractivity contribution in [3.8, 4) is 17.7 Å². The predicted octanol–water partition coefficient (Wildman–Crippen LogP) is 4.51. The van der Waals surface area contributed by atoms with Crippen molar-refractivity contribution in [2.75, 3.05) is 0 Å². The number of rotatable bonds is 3. The van der Waals surface area contributed by atoms with Gasteiger partial charge in [0.2, 0.25) is 11.2 Å². The van der Waals surface area contributed by atoms with Crippen molar-refractivity contribution in [3.63, 3.8) is 0 Å². The van der Waals surface area contributed by atoms with Crippen LogP contribution in [0.2, 0.25) is 5.28 Å².